The van der Waals surface area contributed by atoms with Crippen LogP contribution in [0.3, 0.4) is 0 Å². The van der Waals surface area contributed by atoms with Crippen LogP contribution in [0, 0.1) is 0 Å². The van der Waals surface area contributed by atoms with Crippen molar-refractivity contribution in [3.05, 3.63) is 35.4 Å². The molecule has 1 aromatic rings. The Morgan fingerprint density at radius 3 is 2.35 bits per heavy atom. The lowest BCUT2D eigenvalue weighted by Gasteiger charge is -2.34. The maximum Gasteiger partial charge on any atom is 0.0612 e. The van der Waals surface area contributed by atoms with Gasteiger partial charge in [0.1, 0.15) is 0 Å². The average Bonchev–Trinajstić information content (AvgIpc) is 2.43. The van der Waals surface area contributed by atoms with E-state index in [1.54, 1.807) is 0 Å². The first-order valence-corrected chi connectivity index (χ1v) is 8.58. The zero-order valence-corrected chi connectivity index (χ0v) is 13.0. The summed E-state index contributed by atoms with van der Waals surface area (Å²) in [4.78, 5) is 0. The monoisotopic (exact) mass is 274 g/mol. The largest absolute Gasteiger partial charge is 0.392 e. The zero-order valence-electron chi connectivity index (χ0n) is 13.0. The number of rotatable bonds is 10. The minimum Gasteiger partial charge on any atom is -0.392 e. The van der Waals surface area contributed by atoms with Crippen LogP contribution in [0.5, 0.6) is 0 Å². The van der Waals surface area contributed by atoms with E-state index in [2.05, 4.69) is 31.2 Å². The molecule has 112 valence electrons. The first-order valence-electron chi connectivity index (χ1n) is 8.58. The predicted molar refractivity (Wildman–Crippen MR) is 86.1 cm³/mol. The molecule has 0 spiro atoms. The Kier molecular flexibility index (Phi) is 6.59. The topological polar surface area (TPSA) is 20.2 Å². The summed E-state index contributed by atoms with van der Waals surface area (Å²) in [5.41, 5.74) is 2.83. The summed E-state index contributed by atoms with van der Waals surface area (Å²) in [6, 6.07) is 8.56. The summed E-state index contributed by atoms with van der Waals surface area (Å²) >= 11 is 0. The molecule has 1 aliphatic rings. The molecular weight excluding hydrogens is 244 g/mol. The van der Waals surface area contributed by atoms with Gasteiger partial charge in [0.25, 0.3) is 0 Å². The Morgan fingerprint density at radius 2 is 1.65 bits per heavy atom. The standard InChI is InChI=1S/C19H30O/c1-2-3-4-5-6-7-8-9-14-19(20)18-15-16-12-10-11-13-17(16)18/h10-13,18-20H,2-9,14-15H2,1H3. The van der Waals surface area contributed by atoms with E-state index in [1.165, 1.54) is 62.5 Å². The Bertz CT molecular complexity index is 385. The second-order valence-electron chi connectivity index (χ2n) is 6.34. The van der Waals surface area contributed by atoms with Crippen molar-refractivity contribution >= 4 is 0 Å². The summed E-state index contributed by atoms with van der Waals surface area (Å²) in [6.07, 6.45) is 12.7. The first-order chi connectivity index (χ1) is 9.83. The second-order valence-corrected chi connectivity index (χ2v) is 6.34. The highest BCUT2D eigenvalue weighted by molar-refractivity contribution is 5.40. The van der Waals surface area contributed by atoms with Crippen LogP contribution in [0.4, 0.5) is 0 Å². The van der Waals surface area contributed by atoms with Crippen molar-refractivity contribution in [2.75, 3.05) is 0 Å². The van der Waals surface area contributed by atoms with E-state index in [4.69, 9.17) is 0 Å². The highest BCUT2D eigenvalue weighted by atomic mass is 16.3. The lowest BCUT2D eigenvalue weighted by molar-refractivity contribution is 0.120. The predicted octanol–water partition coefficient (Wildman–Crippen LogP) is 5.22. The van der Waals surface area contributed by atoms with Crippen LogP contribution in [0.25, 0.3) is 0 Å². The molecule has 0 fully saturated rings. The van der Waals surface area contributed by atoms with Gasteiger partial charge in [-0.25, -0.2) is 0 Å². The highest BCUT2D eigenvalue weighted by Gasteiger charge is 2.30. The number of hydrogen-bond donors (Lipinski definition) is 1. The third-order valence-electron chi connectivity index (χ3n) is 4.71. The number of hydrogen-bond acceptors (Lipinski definition) is 1. The van der Waals surface area contributed by atoms with Gasteiger partial charge in [-0.1, -0.05) is 82.6 Å². The highest BCUT2D eigenvalue weighted by Crippen LogP contribution is 2.38. The van der Waals surface area contributed by atoms with Crippen LogP contribution >= 0.6 is 0 Å². The number of unbranched alkanes of at least 4 members (excludes halogenated alkanes) is 7. The average molecular weight is 274 g/mol. The lowest BCUT2D eigenvalue weighted by atomic mass is 9.73. The van der Waals surface area contributed by atoms with Crippen molar-refractivity contribution < 1.29 is 5.11 Å². The molecule has 1 heteroatoms. The Labute approximate surface area is 124 Å². The molecule has 2 unspecified atom stereocenters. The normalized spacial score (nSPS) is 18.4. The smallest absolute Gasteiger partial charge is 0.0612 e. The number of aliphatic hydroxyl groups is 1. The van der Waals surface area contributed by atoms with E-state index < -0.39 is 0 Å². The van der Waals surface area contributed by atoms with Gasteiger partial charge in [-0.05, 0) is 24.0 Å². The van der Waals surface area contributed by atoms with E-state index in [9.17, 15) is 5.11 Å². The SMILES string of the molecule is CCCCCCCCCCC(O)C1Cc2ccccc21. The molecule has 1 aromatic carbocycles. The number of benzene rings is 1. The fourth-order valence-corrected chi connectivity index (χ4v) is 3.33. The molecule has 0 heterocycles. The lowest BCUT2D eigenvalue weighted by Crippen LogP contribution is -2.28. The van der Waals surface area contributed by atoms with Crippen LogP contribution in [-0.2, 0) is 6.42 Å². The van der Waals surface area contributed by atoms with Gasteiger partial charge >= 0.3 is 0 Å². The van der Waals surface area contributed by atoms with E-state index in [0.29, 0.717) is 5.92 Å². The van der Waals surface area contributed by atoms with E-state index in [1.807, 2.05) is 0 Å². The molecule has 1 aliphatic carbocycles. The van der Waals surface area contributed by atoms with Crippen molar-refractivity contribution in [3.63, 3.8) is 0 Å². The van der Waals surface area contributed by atoms with E-state index >= 15 is 0 Å². The molecule has 1 N–H and O–H groups in total. The summed E-state index contributed by atoms with van der Waals surface area (Å²) in [7, 11) is 0. The van der Waals surface area contributed by atoms with Gasteiger partial charge in [0, 0.05) is 5.92 Å². The first kappa shape index (κ1) is 15.6. The van der Waals surface area contributed by atoms with Crippen molar-refractivity contribution in [2.45, 2.75) is 83.2 Å². The zero-order chi connectivity index (χ0) is 14.2. The molecule has 0 saturated carbocycles. The molecule has 0 aromatic heterocycles. The molecule has 2 rings (SSSR count). The van der Waals surface area contributed by atoms with Crippen LogP contribution in [0.2, 0.25) is 0 Å². The fraction of sp³-hybridized carbons (Fsp3) is 0.684. The molecule has 0 amide bonds. The molecule has 20 heavy (non-hydrogen) atoms. The molecule has 0 aliphatic heterocycles. The summed E-state index contributed by atoms with van der Waals surface area (Å²) in [5.74, 6) is 0.413. The van der Waals surface area contributed by atoms with Crippen molar-refractivity contribution in [1.29, 1.82) is 0 Å². The third-order valence-corrected chi connectivity index (χ3v) is 4.71. The maximum absolute atomic E-state index is 10.3. The van der Waals surface area contributed by atoms with E-state index in [0.717, 1.165) is 12.8 Å². The third kappa shape index (κ3) is 4.34. The van der Waals surface area contributed by atoms with Gasteiger partial charge in [-0.2, -0.15) is 0 Å². The fourth-order valence-electron chi connectivity index (χ4n) is 3.33. The van der Waals surface area contributed by atoms with Gasteiger partial charge in [-0.15, -0.1) is 0 Å². The Morgan fingerprint density at radius 1 is 1.00 bits per heavy atom. The summed E-state index contributed by atoms with van der Waals surface area (Å²) < 4.78 is 0. The summed E-state index contributed by atoms with van der Waals surface area (Å²) in [6.45, 7) is 2.26. The van der Waals surface area contributed by atoms with Crippen LogP contribution in [0.1, 0.15) is 81.8 Å². The van der Waals surface area contributed by atoms with Gasteiger partial charge in [0.05, 0.1) is 6.10 Å². The Hall–Kier alpha value is -0.820. The maximum atomic E-state index is 10.3. The van der Waals surface area contributed by atoms with E-state index in [-0.39, 0.29) is 6.10 Å². The van der Waals surface area contributed by atoms with Gasteiger partial charge in [0.15, 0.2) is 0 Å². The van der Waals surface area contributed by atoms with Crippen LogP contribution < -0.4 is 0 Å². The molecule has 2 atom stereocenters. The number of fused-ring (bicyclic) bond motifs is 1. The minimum atomic E-state index is -0.120. The second kappa shape index (κ2) is 8.46. The summed E-state index contributed by atoms with van der Waals surface area (Å²) in [5, 5.41) is 10.3. The molecule has 0 saturated heterocycles. The van der Waals surface area contributed by atoms with Crippen LogP contribution in [0.15, 0.2) is 24.3 Å². The Balaban J connectivity index is 1.53. The van der Waals surface area contributed by atoms with Crippen LogP contribution in [-0.4, -0.2) is 11.2 Å². The quantitative estimate of drug-likeness (QED) is 0.580. The molecule has 0 bridgehead atoms. The molecule has 0 radical (unpaired) electrons. The van der Waals surface area contributed by atoms with Crippen molar-refractivity contribution in [2.24, 2.45) is 0 Å². The molecular formula is C19H30O. The molecule has 1 nitrogen and oxygen atoms in total. The van der Waals surface area contributed by atoms with Crippen molar-refractivity contribution in [3.8, 4) is 0 Å². The van der Waals surface area contributed by atoms with Crippen molar-refractivity contribution in [1.82, 2.24) is 0 Å². The minimum absolute atomic E-state index is 0.120. The van der Waals surface area contributed by atoms with Gasteiger partial charge in [-0.3, -0.25) is 0 Å². The number of aliphatic hydroxyl groups excluding tert-OH is 1. The van der Waals surface area contributed by atoms with Gasteiger partial charge in [0.2, 0.25) is 0 Å². The van der Waals surface area contributed by atoms with Gasteiger partial charge < -0.3 is 5.11 Å².